The lowest BCUT2D eigenvalue weighted by Crippen LogP contribution is -2.53. The van der Waals surface area contributed by atoms with Gasteiger partial charge in [-0.05, 0) is 59.7 Å². The number of likely N-dealkylation sites (N-methyl/N-ethyl adjacent to an activating group) is 1. The van der Waals surface area contributed by atoms with E-state index < -0.39 is 28.5 Å². The number of carbonyl (C=O) groups excluding carboxylic acids is 2. The maximum absolute atomic E-state index is 14.3. The topological polar surface area (TPSA) is 96.0 Å². The Kier molecular flexibility index (Phi) is 10.2. The third kappa shape index (κ3) is 7.48. The van der Waals surface area contributed by atoms with Gasteiger partial charge in [0.2, 0.25) is 11.8 Å². The first-order valence-electron chi connectivity index (χ1n) is 13.2. The smallest absolute Gasteiger partial charge is 0.264 e. The van der Waals surface area contributed by atoms with Gasteiger partial charge in [0.15, 0.2) is 0 Å². The van der Waals surface area contributed by atoms with Crippen LogP contribution in [0.3, 0.4) is 0 Å². The first kappa shape index (κ1) is 30.6. The van der Waals surface area contributed by atoms with Gasteiger partial charge in [-0.25, -0.2) is 8.42 Å². The summed E-state index contributed by atoms with van der Waals surface area (Å²) in [7, 11) is -1.15. The lowest BCUT2D eigenvalue weighted by atomic mass is 10.0. The number of sulfonamides is 1. The maximum Gasteiger partial charge on any atom is 0.264 e. The Bertz CT molecular complexity index is 1600. The van der Waals surface area contributed by atoms with Crippen LogP contribution in [-0.4, -0.2) is 51.9 Å². The zero-order valence-corrected chi connectivity index (χ0v) is 24.9. The standard InChI is InChI=1S/C32H32ClN3O5S/c1-34-32(38)30(21-24-10-5-3-6-11-24)35(22-25-12-9-13-26(33)20-25)31(37)23-36(27-16-18-28(41-2)19-17-27)42(39,40)29-14-7-4-8-15-29/h3-20,30H,21-23H2,1-2H3,(H,34,38). The van der Waals surface area contributed by atoms with Crippen LogP contribution in [0.4, 0.5) is 5.69 Å². The zero-order valence-electron chi connectivity index (χ0n) is 23.3. The van der Waals surface area contributed by atoms with E-state index in [2.05, 4.69) is 5.32 Å². The van der Waals surface area contributed by atoms with E-state index in [1.54, 1.807) is 66.7 Å². The highest BCUT2D eigenvalue weighted by atomic mass is 35.5. The molecule has 8 nitrogen and oxygen atoms in total. The van der Waals surface area contributed by atoms with Crippen molar-refractivity contribution >= 4 is 39.1 Å². The molecule has 4 aromatic carbocycles. The van der Waals surface area contributed by atoms with Gasteiger partial charge in [-0.15, -0.1) is 0 Å². The van der Waals surface area contributed by atoms with E-state index in [0.717, 1.165) is 9.87 Å². The number of hydrogen-bond donors (Lipinski definition) is 1. The number of hydrogen-bond acceptors (Lipinski definition) is 5. The number of amides is 2. The second-order valence-electron chi connectivity index (χ2n) is 9.49. The number of halogens is 1. The zero-order chi connectivity index (χ0) is 30.1. The first-order valence-corrected chi connectivity index (χ1v) is 15.1. The second kappa shape index (κ2) is 14.0. The van der Waals surface area contributed by atoms with Crippen LogP contribution in [-0.2, 0) is 32.6 Å². The molecule has 1 N–H and O–H groups in total. The molecule has 0 aliphatic heterocycles. The minimum absolute atomic E-state index is 0.0298. The van der Waals surface area contributed by atoms with Crippen LogP contribution < -0.4 is 14.4 Å². The summed E-state index contributed by atoms with van der Waals surface area (Å²) in [6.45, 7) is -0.515. The quantitative estimate of drug-likeness (QED) is 0.247. The average Bonchev–Trinajstić information content (AvgIpc) is 3.02. The summed E-state index contributed by atoms with van der Waals surface area (Å²) < 4.78 is 34.1. The minimum atomic E-state index is -4.17. The van der Waals surface area contributed by atoms with Crippen molar-refractivity contribution in [3.8, 4) is 5.75 Å². The number of nitrogens with one attached hydrogen (secondary N) is 1. The second-order valence-corrected chi connectivity index (χ2v) is 11.8. The predicted octanol–water partition coefficient (Wildman–Crippen LogP) is 4.93. The Morgan fingerprint density at radius 3 is 2.07 bits per heavy atom. The van der Waals surface area contributed by atoms with Crippen molar-refractivity contribution in [1.29, 1.82) is 0 Å². The van der Waals surface area contributed by atoms with Crippen molar-refractivity contribution in [2.24, 2.45) is 0 Å². The summed E-state index contributed by atoms with van der Waals surface area (Å²) in [4.78, 5) is 29.0. The van der Waals surface area contributed by atoms with Crippen LogP contribution in [0.25, 0.3) is 0 Å². The fraction of sp³-hybridized carbons (Fsp3) is 0.188. The molecule has 0 aromatic heterocycles. The highest BCUT2D eigenvalue weighted by molar-refractivity contribution is 7.92. The molecule has 0 aliphatic carbocycles. The van der Waals surface area contributed by atoms with E-state index in [0.29, 0.717) is 16.3 Å². The summed E-state index contributed by atoms with van der Waals surface area (Å²) in [6.07, 6.45) is 0.223. The van der Waals surface area contributed by atoms with Crippen LogP contribution >= 0.6 is 11.6 Å². The van der Waals surface area contributed by atoms with Gasteiger partial charge in [0.25, 0.3) is 10.0 Å². The van der Waals surface area contributed by atoms with Gasteiger partial charge in [0.1, 0.15) is 18.3 Å². The molecule has 1 atom stereocenters. The number of methoxy groups -OCH3 is 1. The lowest BCUT2D eigenvalue weighted by molar-refractivity contribution is -0.139. The number of carbonyl (C=O) groups is 2. The molecule has 2 amide bonds. The Balaban J connectivity index is 1.78. The molecule has 1 unspecified atom stereocenters. The number of rotatable bonds is 12. The third-order valence-electron chi connectivity index (χ3n) is 6.73. The van der Waals surface area contributed by atoms with Crippen molar-refractivity contribution in [2.75, 3.05) is 25.0 Å². The Hall–Kier alpha value is -4.34. The first-order chi connectivity index (χ1) is 20.2. The molecule has 218 valence electrons. The largest absolute Gasteiger partial charge is 0.497 e. The molecule has 0 heterocycles. The molecular weight excluding hydrogens is 574 g/mol. The van der Waals surface area contributed by atoms with Gasteiger partial charge >= 0.3 is 0 Å². The van der Waals surface area contributed by atoms with Crippen molar-refractivity contribution in [1.82, 2.24) is 10.2 Å². The minimum Gasteiger partial charge on any atom is -0.497 e. The van der Waals surface area contributed by atoms with E-state index in [1.807, 2.05) is 30.3 Å². The number of benzene rings is 4. The van der Waals surface area contributed by atoms with Gasteiger partial charge in [-0.3, -0.25) is 13.9 Å². The van der Waals surface area contributed by atoms with Gasteiger partial charge < -0.3 is 15.0 Å². The van der Waals surface area contributed by atoms with Gasteiger partial charge in [0, 0.05) is 25.0 Å². The molecule has 4 rings (SSSR count). The normalized spacial score (nSPS) is 11.8. The van der Waals surface area contributed by atoms with Crippen molar-refractivity contribution in [2.45, 2.75) is 23.9 Å². The van der Waals surface area contributed by atoms with Crippen LogP contribution in [0.15, 0.2) is 114 Å². The lowest BCUT2D eigenvalue weighted by Gasteiger charge is -2.33. The Morgan fingerprint density at radius 1 is 0.857 bits per heavy atom. The highest BCUT2D eigenvalue weighted by Crippen LogP contribution is 2.27. The maximum atomic E-state index is 14.3. The van der Waals surface area contributed by atoms with Gasteiger partial charge in [-0.1, -0.05) is 72.3 Å². The highest BCUT2D eigenvalue weighted by Gasteiger charge is 2.34. The monoisotopic (exact) mass is 605 g/mol. The molecular formula is C32H32ClN3O5S. The number of nitrogens with zero attached hydrogens (tertiary/aromatic N) is 2. The summed E-state index contributed by atoms with van der Waals surface area (Å²) in [5.74, 6) is -0.404. The summed E-state index contributed by atoms with van der Waals surface area (Å²) >= 11 is 6.24. The van der Waals surface area contributed by atoms with E-state index in [9.17, 15) is 18.0 Å². The third-order valence-corrected chi connectivity index (χ3v) is 8.75. The predicted molar refractivity (Wildman–Crippen MR) is 164 cm³/mol. The van der Waals surface area contributed by atoms with Gasteiger partial charge in [0.05, 0.1) is 17.7 Å². The molecule has 10 heteroatoms. The fourth-order valence-corrected chi connectivity index (χ4v) is 6.20. The SMILES string of the molecule is CNC(=O)C(Cc1ccccc1)N(Cc1cccc(Cl)c1)C(=O)CN(c1ccc(OC)cc1)S(=O)(=O)c1ccccc1. The summed E-state index contributed by atoms with van der Waals surface area (Å²) in [5, 5.41) is 3.14. The molecule has 0 spiro atoms. The molecule has 0 saturated carbocycles. The Labute approximate surface area is 251 Å². The van der Waals surface area contributed by atoms with E-state index in [-0.39, 0.29) is 29.5 Å². The molecule has 42 heavy (non-hydrogen) atoms. The van der Waals surface area contributed by atoms with Crippen molar-refractivity contribution in [3.05, 3.63) is 125 Å². The van der Waals surface area contributed by atoms with E-state index in [4.69, 9.17) is 16.3 Å². The summed E-state index contributed by atoms with van der Waals surface area (Å²) in [5.41, 5.74) is 1.81. The molecule has 0 saturated heterocycles. The summed E-state index contributed by atoms with van der Waals surface area (Å²) in [6, 6.07) is 29.7. The number of ether oxygens (including phenoxy) is 1. The van der Waals surface area contributed by atoms with E-state index in [1.165, 1.54) is 31.2 Å². The van der Waals surface area contributed by atoms with Crippen molar-refractivity contribution in [3.63, 3.8) is 0 Å². The van der Waals surface area contributed by atoms with Crippen LogP contribution in [0, 0.1) is 0 Å². The van der Waals surface area contributed by atoms with Crippen molar-refractivity contribution < 1.29 is 22.7 Å². The molecule has 0 fully saturated rings. The van der Waals surface area contributed by atoms with Crippen LogP contribution in [0.2, 0.25) is 5.02 Å². The van der Waals surface area contributed by atoms with Gasteiger partial charge in [-0.2, -0.15) is 0 Å². The molecule has 4 aromatic rings. The average molecular weight is 606 g/mol. The van der Waals surface area contributed by atoms with Crippen LogP contribution in [0.1, 0.15) is 11.1 Å². The fourth-order valence-electron chi connectivity index (χ4n) is 4.55. The molecule has 0 bridgehead atoms. The van der Waals surface area contributed by atoms with E-state index >= 15 is 0 Å². The van der Waals surface area contributed by atoms with Crippen LogP contribution in [0.5, 0.6) is 5.75 Å². The molecule has 0 radical (unpaired) electrons. The molecule has 0 aliphatic rings. The Morgan fingerprint density at radius 2 is 1.48 bits per heavy atom. The number of anilines is 1.